The van der Waals surface area contributed by atoms with Gasteiger partial charge in [-0.05, 0) is 32.8 Å². The predicted molar refractivity (Wildman–Crippen MR) is 91.3 cm³/mol. The van der Waals surface area contributed by atoms with Gasteiger partial charge in [-0.3, -0.25) is 0 Å². The van der Waals surface area contributed by atoms with Gasteiger partial charge in [0.05, 0.1) is 12.1 Å². The first-order valence-corrected chi connectivity index (χ1v) is 8.42. The molecule has 1 aromatic carbocycles. The summed E-state index contributed by atoms with van der Waals surface area (Å²) in [6.45, 7) is 5.21. The van der Waals surface area contributed by atoms with Gasteiger partial charge in [-0.2, -0.15) is 0 Å². The lowest BCUT2D eigenvalue weighted by molar-refractivity contribution is -0.397. The number of cyclic esters (lactones) is 1. The molecule has 0 unspecified atom stereocenters. The highest BCUT2D eigenvalue weighted by atomic mass is 16.9. The summed E-state index contributed by atoms with van der Waals surface area (Å²) in [6.07, 6.45) is -3.07. The molecule has 0 radical (unpaired) electrons. The highest BCUT2D eigenvalue weighted by Crippen LogP contribution is 2.32. The van der Waals surface area contributed by atoms with E-state index in [1.54, 1.807) is 20.8 Å². The van der Waals surface area contributed by atoms with Crippen LogP contribution in [0.5, 0.6) is 0 Å². The number of carbonyl (C=O) groups excluding carboxylic acids is 2. The summed E-state index contributed by atoms with van der Waals surface area (Å²) < 4.78 is 21.5. The third kappa shape index (κ3) is 3.80. The largest absolute Gasteiger partial charge is 0.446 e. The summed E-state index contributed by atoms with van der Waals surface area (Å²) in [7, 11) is 2.00. The van der Waals surface area contributed by atoms with Crippen molar-refractivity contribution in [2.75, 3.05) is 0 Å². The van der Waals surface area contributed by atoms with Gasteiger partial charge in [0.2, 0.25) is 6.29 Å². The number of carbonyl (C=O) groups is 2. The minimum absolute atomic E-state index is 0.337. The van der Waals surface area contributed by atoms with Crippen LogP contribution in [0.15, 0.2) is 24.3 Å². The fourth-order valence-electron chi connectivity index (χ4n) is 2.96. The minimum atomic E-state index is -0.737. The summed E-state index contributed by atoms with van der Waals surface area (Å²) in [6, 6.07) is 7.34. The maximum absolute atomic E-state index is 12.4. The molecule has 0 bridgehead atoms. The van der Waals surface area contributed by atoms with Crippen LogP contribution in [0, 0.1) is 0 Å². The fourth-order valence-corrected chi connectivity index (χ4v) is 2.96. The van der Waals surface area contributed by atoms with Crippen LogP contribution in [0.2, 0.25) is 0 Å². The lowest BCUT2D eigenvalue weighted by atomic mass is 9.93. The molecule has 2 saturated heterocycles. The lowest BCUT2D eigenvalue weighted by Crippen LogP contribution is -2.53. The first-order chi connectivity index (χ1) is 11.8. The lowest BCUT2D eigenvalue weighted by Gasteiger charge is -2.38. The van der Waals surface area contributed by atoms with Crippen molar-refractivity contribution in [1.29, 1.82) is 0 Å². The highest BCUT2D eigenvalue weighted by Gasteiger charge is 2.53. The first kappa shape index (κ1) is 17.8. The van der Waals surface area contributed by atoms with Gasteiger partial charge in [0, 0.05) is 0 Å². The molecule has 134 valence electrons. The second-order valence-electron chi connectivity index (χ2n) is 6.62. The van der Waals surface area contributed by atoms with Crippen molar-refractivity contribution < 1.29 is 28.5 Å². The van der Waals surface area contributed by atoms with Crippen molar-refractivity contribution in [3.05, 3.63) is 29.8 Å². The van der Waals surface area contributed by atoms with Gasteiger partial charge < -0.3 is 18.9 Å². The van der Waals surface area contributed by atoms with Crippen LogP contribution in [0.3, 0.4) is 0 Å². The van der Waals surface area contributed by atoms with Crippen LogP contribution < -0.4 is 5.46 Å². The zero-order chi connectivity index (χ0) is 18.1. The molecule has 1 aromatic rings. The molecule has 7 nitrogen and oxygen atoms in total. The molecule has 0 aliphatic carbocycles. The maximum Gasteiger partial charge on any atom is 0.420 e. The van der Waals surface area contributed by atoms with E-state index in [0.29, 0.717) is 6.42 Å². The Morgan fingerprint density at radius 2 is 1.92 bits per heavy atom. The van der Waals surface area contributed by atoms with E-state index in [4.69, 9.17) is 18.9 Å². The number of hydrogen-bond acceptors (Lipinski definition) is 6. The topological polar surface area (TPSA) is 74.3 Å². The Balaban J connectivity index is 1.82. The highest BCUT2D eigenvalue weighted by molar-refractivity contribution is 6.32. The minimum Gasteiger partial charge on any atom is -0.446 e. The normalized spacial score (nSPS) is 28.6. The third-order valence-electron chi connectivity index (χ3n) is 4.16. The second kappa shape index (κ2) is 7.05. The Bertz CT molecular complexity index is 643. The molecule has 0 spiro atoms. The van der Waals surface area contributed by atoms with E-state index < -0.39 is 30.6 Å². The SMILES string of the molecule is Bc1ccc(C[C@@H]2[C@@H](C3OC(C)O3)OC(=O)N2C(=O)OC(C)C)cc1. The quantitative estimate of drug-likeness (QED) is 0.755. The average Bonchev–Trinajstić information content (AvgIpc) is 2.82. The van der Waals surface area contributed by atoms with Crippen molar-refractivity contribution in [1.82, 2.24) is 4.90 Å². The third-order valence-corrected chi connectivity index (χ3v) is 4.16. The molecule has 2 aliphatic rings. The molecule has 25 heavy (non-hydrogen) atoms. The maximum atomic E-state index is 12.4. The van der Waals surface area contributed by atoms with E-state index in [0.717, 1.165) is 15.9 Å². The number of benzene rings is 1. The Kier molecular flexibility index (Phi) is 5.01. The van der Waals surface area contributed by atoms with E-state index in [2.05, 4.69) is 0 Å². The Labute approximate surface area is 147 Å². The van der Waals surface area contributed by atoms with E-state index >= 15 is 0 Å². The molecular weight excluding hydrogens is 325 g/mol. The van der Waals surface area contributed by atoms with Crippen LogP contribution in [0.1, 0.15) is 26.3 Å². The van der Waals surface area contributed by atoms with Crippen LogP contribution in [0.4, 0.5) is 9.59 Å². The van der Waals surface area contributed by atoms with E-state index in [-0.39, 0.29) is 12.4 Å². The van der Waals surface area contributed by atoms with Gasteiger partial charge in [-0.15, -0.1) is 0 Å². The molecular formula is C17H22BNO6. The summed E-state index contributed by atoms with van der Waals surface area (Å²) in [5.41, 5.74) is 2.11. The molecule has 0 saturated carbocycles. The fraction of sp³-hybridized carbons (Fsp3) is 0.529. The van der Waals surface area contributed by atoms with Gasteiger partial charge in [0.15, 0.2) is 12.4 Å². The Morgan fingerprint density at radius 1 is 1.28 bits per heavy atom. The van der Waals surface area contributed by atoms with E-state index in [1.807, 2.05) is 32.1 Å². The Morgan fingerprint density at radius 3 is 2.48 bits per heavy atom. The summed E-state index contributed by atoms with van der Waals surface area (Å²) in [5.74, 6) is 0. The van der Waals surface area contributed by atoms with Gasteiger partial charge in [0.25, 0.3) is 0 Å². The van der Waals surface area contributed by atoms with Crippen molar-refractivity contribution in [2.45, 2.75) is 58.0 Å². The number of imide groups is 1. The van der Waals surface area contributed by atoms with Crippen molar-refractivity contribution >= 4 is 25.5 Å². The zero-order valence-electron chi connectivity index (χ0n) is 14.8. The Hall–Kier alpha value is -2.06. The average molecular weight is 347 g/mol. The standard InChI is InChI=1S/C17H22BNO6/c1-9(2)22-16(20)19-13(8-11-4-6-12(18)7-5-11)14(25-17(19)21)15-23-10(3)24-15/h4-7,9-10,13-15H,8,18H2,1-3H3/t10?,13-,14+,15?/m1/s1. The summed E-state index contributed by atoms with van der Waals surface area (Å²) in [5, 5.41) is 0. The molecule has 2 heterocycles. The van der Waals surface area contributed by atoms with Crippen molar-refractivity contribution in [3.8, 4) is 0 Å². The van der Waals surface area contributed by atoms with Gasteiger partial charge in [0.1, 0.15) is 7.85 Å². The molecule has 0 N–H and O–H groups in total. The van der Waals surface area contributed by atoms with Crippen molar-refractivity contribution in [2.24, 2.45) is 0 Å². The molecule has 2 atom stereocenters. The monoisotopic (exact) mass is 347 g/mol. The molecule has 8 heteroatoms. The number of ether oxygens (including phenoxy) is 4. The molecule has 0 aromatic heterocycles. The van der Waals surface area contributed by atoms with Gasteiger partial charge >= 0.3 is 12.2 Å². The van der Waals surface area contributed by atoms with Crippen LogP contribution in [-0.2, 0) is 25.4 Å². The van der Waals surface area contributed by atoms with Gasteiger partial charge in [-0.1, -0.05) is 29.7 Å². The van der Waals surface area contributed by atoms with Crippen molar-refractivity contribution in [3.63, 3.8) is 0 Å². The van der Waals surface area contributed by atoms with Crippen LogP contribution >= 0.6 is 0 Å². The van der Waals surface area contributed by atoms with Gasteiger partial charge in [-0.25, -0.2) is 14.5 Å². The number of rotatable bonds is 4. The number of hydrogen-bond donors (Lipinski definition) is 0. The molecule has 2 amide bonds. The molecule has 2 aliphatic heterocycles. The number of nitrogens with zero attached hydrogens (tertiary/aromatic N) is 1. The predicted octanol–water partition coefficient (Wildman–Crippen LogP) is 0.941. The second-order valence-corrected chi connectivity index (χ2v) is 6.62. The zero-order valence-corrected chi connectivity index (χ0v) is 14.8. The molecule has 3 rings (SSSR count). The smallest absolute Gasteiger partial charge is 0.420 e. The summed E-state index contributed by atoms with van der Waals surface area (Å²) in [4.78, 5) is 25.7. The molecule has 2 fully saturated rings. The summed E-state index contributed by atoms with van der Waals surface area (Å²) >= 11 is 0. The van der Waals surface area contributed by atoms with Crippen LogP contribution in [0.25, 0.3) is 0 Å². The number of amides is 2. The van der Waals surface area contributed by atoms with E-state index in [9.17, 15) is 9.59 Å². The van der Waals surface area contributed by atoms with E-state index in [1.165, 1.54) is 0 Å². The first-order valence-electron chi connectivity index (χ1n) is 8.42. The van der Waals surface area contributed by atoms with Crippen LogP contribution in [-0.4, -0.2) is 55.8 Å².